The van der Waals surface area contributed by atoms with Crippen molar-refractivity contribution in [1.29, 1.82) is 0 Å². The van der Waals surface area contributed by atoms with Crippen LogP contribution in [0.2, 0.25) is 0 Å². The molecule has 1 N–H and O–H groups in total. The minimum atomic E-state index is -0.0522. The van der Waals surface area contributed by atoms with Crippen LogP contribution >= 0.6 is 11.3 Å². The summed E-state index contributed by atoms with van der Waals surface area (Å²) in [5.74, 6) is 1.95. The van der Waals surface area contributed by atoms with Crippen LogP contribution in [-0.2, 0) is 24.1 Å². The minimum Gasteiger partial charge on any atom is -0.441 e. The van der Waals surface area contributed by atoms with Gasteiger partial charge in [0.25, 0.3) is 0 Å². The summed E-state index contributed by atoms with van der Waals surface area (Å²) in [5.41, 5.74) is 2.14. The lowest BCUT2D eigenvalue weighted by molar-refractivity contribution is -0.116. The van der Waals surface area contributed by atoms with E-state index < -0.39 is 0 Å². The summed E-state index contributed by atoms with van der Waals surface area (Å²) in [5, 5.41) is 3.64. The van der Waals surface area contributed by atoms with Crippen LogP contribution < -0.4 is 5.32 Å². The van der Waals surface area contributed by atoms with Crippen LogP contribution in [0.1, 0.15) is 36.2 Å². The van der Waals surface area contributed by atoms with Crippen molar-refractivity contribution in [2.45, 2.75) is 39.0 Å². The van der Waals surface area contributed by atoms with E-state index in [1.54, 1.807) is 17.5 Å². The van der Waals surface area contributed by atoms with E-state index in [0.29, 0.717) is 29.8 Å². The lowest BCUT2D eigenvalue weighted by Crippen LogP contribution is -2.12. The second kappa shape index (κ2) is 7.41. The maximum atomic E-state index is 12.2. The number of carbonyl (C=O) groups excluding carboxylic acids is 1. The van der Waals surface area contributed by atoms with Crippen molar-refractivity contribution in [2.75, 3.05) is 5.32 Å². The smallest absolute Gasteiger partial charge is 0.226 e. The van der Waals surface area contributed by atoms with Gasteiger partial charge in [-0.25, -0.2) is 9.97 Å². The molecule has 0 unspecified atom stereocenters. The second-order valence-electron chi connectivity index (χ2n) is 6.77. The highest BCUT2D eigenvalue weighted by Crippen LogP contribution is 2.32. The van der Waals surface area contributed by atoms with Gasteiger partial charge in [-0.1, -0.05) is 37.3 Å². The highest BCUT2D eigenvalue weighted by Gasteiger charge is 2.20. The number of hydrogen-bond donors (Lipinski definition) is 1. The topological polar surface area (TPSA) is 68.0 Å². The average molecular weight is 367 g/mol. The van der Waals surface area contributed by atoms with Crippen LogP contribution in [0.4, 0.5) is 5.13 Å². The van der Waals surface area contributed by atoms with Crippen molar-refractivity contribution in [1.82, 2.24) is 9.97 Å². The van der Waals surface area contributed by atoms with E-state index in [4.69, 9.17) is 4.42 Å². The van der Waals surface area contributed by atoms with Gasteiger partial charge < -0.3 is 9.73 Å². The fourth-order valence-electron chi connectivity index (χ4n) is 3.16. The van der Waals surface area contributed by atoms with Gasteiger partial charge in [0.2, 0.25) is 5.91 Å². The zero-order chi connectivity index (χ0) is 17.9. The van der Waals surface area contributed by atoms with Crippen molar-refractivity contribution < 1.29 is 9.21 Å². The number of carbonyl (C=O) groups is 1. The fraction of sp³-hybridized carbons (Fsp3) is 0.350. The summed E-state index contributed by atoms with van der Waals surface area (Å²) in [7, 11) is 0. The Bertz CT molecular complexity index is 901. The van der Waals surface area contributed by atoms with E-state index in [2.05, 4.69) is 22.2 Å². The van der Waals surface area contributed by atoms with E-state index >= 15 is 0 Å². The largest absolute Gasteiger partial charge is 0.441 e. The molecule has 2 aromatic heterocycles. The quantitative estimate of drug-likeness (QED) is 0.721. The Morgan fingerprint density at radius 1 is 1.35 bits per heavy atom. The zero-order valence-electron chi connectivity index (χ0n) is 14.7. The molecular formula is C20H21N3O2S. The number of nitrogens with zero attached hydrogens (tertiary/aromatic N) is 2. The number of thiazole rings is 1. The lowest BCUT2D eigenvalue weighted by atomic mass is 9.93. The number of aryl methyl sites for hydroxylation is 2. The number of nitrogens with one attached hydrogen (secondary N) is 1. The summed E-state index contributed by atoms with van der Waals surface area (Å²) in [6.45, 7) is 2.26. The first kappa shape index (κ1) is 17.0. The summed E-state index contributed by atoms with van der Waals surface area (Å²) in [4.78, 5) is 22.4. The highest BCUT2D eigenvalue weighted by atomic mass is 32.1. The lowest BCUT2D eigenvalue weighted by Gasteiger charge is -2.15. The van der Waals surface area contributed by atoms with Crippen molar-refractivity contribution in [2.24, 2.45) is 5.92 Å². The van der Waals surface area contributed by atoms with E-state index in [0.717, 1.165) is 29.9 Å². The first-order valence-corrected chi connectivity index (χ1v) is 9.77. The van der Waals surface area contributed by atoms with Gasteiger partial charge in [0.05, 0.1) is 11.9 Å². The molecule has 1 aliphatic rings. The molecule has 5 nitrogen and oxygen atoms in total. The van der Waals surface area contributed by atoms with Gasteiger partial charge in [-0.2, -0.15) is 0 Å². The molecule has 134 valence electrons. The maximum absolute atomic E-state index is 12.2. The Labute approximate surface area is 156 Å². The van der Waals surface area contributed by atoms with Gasteiger partial charge in [0.1, 0.15) is 0 Å². The molecule has 2 heterocycles. The molecule has 4 rings (SSSR count). The van der Waals surface area contributed by atoms with Gasteiger partial charge in [0, 0.05) is 23.3 Å². The third-order valence-corrected chi connectivity index (χ3v) is 5.65. The van der Waals surface area contributed by atoms with Crippen LogP contribution in [0.15, 0.2) is 40.9 Å². The third-order valence-electron chi connectivity index (χ3n) is 4.61. The van der Waals surface area contributed by atoms with E-state index in [-0.39, 0.29) is 5.91 Å². The molecule has 0 fully saturated rings. The summed E-state index contributed by atoms with van der Waals surface area (Å²) >= 11 is 1.61. The molecule has 0 aliphatic heterocycles. The predicted molar refractivity (Wildman–Crippen MR) is 102 cm³/mol. The van der Waals surface area contributed by atoms with Crippen LogP contribution in [0, 0.1) is 5.92 Å². The zero-order valence-corrected chi connectivity index (χ0v) is 15.5. The van der Waals surface area contributed by atoms with Gasteiger partial charge in [-0.05, 0) is 25.2 Å². The maximum Gasteiger partial charge on any atom is 0.226 e. The van der Waals surface area contributed by atoms with Crippen molar-refractivity contribution in [3.63, 3.8) is 0 Å². The first-order chi connectivity index (χ1) is 12.7. The summed E-state index contributed by atoms with van der Waals surface area (Å²) in [6, 6.07) is 9.82. The Hall–Kier alpha value is -2.47. The van der Waals surface area contributed by atoms with Crippen molar-refractivity contribution >= 4 is 22.4 Å². The molecule has 1 aliphatic carbocycles. The molecule has 6 heteroatoms. The number of amides is 1. The average Bonchev–Trinajstić information content (AvgIpc) is 3.27. The molecule has 0 saturated carbocycles. The number of oxazole rings is 1. The summed E-state index contributed by atoms with van der Waals surface area (Å²) in [6.07, 6.45) is 5.77. The Morgan fingerprint density at radius 2 is 2.19 bits per heavy atom. The van der Waals surface area contributed by atoms with Gasteiger partial charge >= 0.3 is 0 Å². The van der Waals surface area contributed by atoms with Crippen molar-refractivity contribution in [3.05, 3.63) is 53.0 Å². The summed E-state index contributed by atoms with van der Waals surface area (Å²) < 4.78 is 5.74. The number of benzene rings is 1. The highest BCUT2D eigenvalue weighted by molar-refractivity contribution is 7.15. The molecule has 1 aromatic carbocycles. The first-order valence-electron chi connectivity index (χ1n) is 8.96. The van der Waals surface area contributed by atoms with Gasteiger partial charge in [-0.3, -0.25) is 4.79 Å². The predicted octanol–water partition coefficient (Wildman–Crippen LogP) is 4.49. The molecule has 0 spiro atoms. The van der Waals surface area contributed by atoms with Gasteiger partial charge in [-0.15, -0.1) is 11.3 Å². The number of aromatic nitrogens is 2. The fourth-order valence-corrected chi connectivity index (χ4v) is 4.34. The number of hydrogen-bond acceptors (Lipinski definition) is 5. The molecular weight excluding hydrogens is 346 g/mol. The third kappa shape index (κ3) is 3.85. The Morgan fingerprint density at radius 3 is 3.04 bits per heavy atom. The molecule has 1 atom stereocenters. The minimum absolute atomic E-state index is 0.0522. The Kier molecular flexibility index (Phi) is 4.84. The number of fused-ring (bicyclic) bond motifs is 1. The Balaban J connectivity index is 1.33. The molecule has 0 radical (unpaired) electrons. The van der Waals surface area contributed by atoms with E-state index in [1.807, 2.05) is 30.3 Å². The molecule has 3 aromatic rings. The number of anilines is 1. The van der Waals surface area contributed by atoms with Crippen LogP contribution in [-0.4, -0.2) is 15.9 Å². The van der Waals surface area contributed by atoms with Crippen LogP contribution in [0.5, 0.6) is 0 Å². The second-order valence-corrected chi connectivity index (χ2v) is 7.85. The van der Waals surface area contributed by atoms with E-state index in [9.17, 15) is 4.79 Å². The van der Waals surface area contributed by atoms with E-state index in [1.165, 1.54) is 11.3 Å². The standard InChI is InChI=1S/C20H21N3O2S/c1-13-7-8-15-17(11-13)26-20(22-15)23-18(24)9-10-19-21-12-16(25-19)14-5-3-2-4-6-14/h2-6,12-13H,7-11H2,1H3,(H,22,23,24)/t13-/m0/s1. The number of rotatable bonds is 5. The molecule has 26 heavy (non-hydrogen) atoms. The SMILES string of the molecule is C[C@H]1CCc2nc(NC(=O)CCc3ncc(-c4ccccc4)o3)sc2C1. The molecule has 1 amide bonds. The van der Waals surface area contributed by atoms with Crippen LogP contribution in [0.25, 0.3) is 11.3 Å². The molecule has 0 bridgehead atoms. The monoisotopic (exact) mass is 367 g/mol. The van der Waals surface area contributed by atoms with Crippen molar-refractivity contribution in [3.8, 4) is 11.3 Å². The van der Waals surface area contributed by atoms with Gasteiger partial charge in [0.15, 0.2) is 16.8 Å². The van der Waals surface area contributed by atoms with Crippen LogP contribution in [0.3, 0.4) is 0 Å². The molecule has 0 saturated heterocycles. The normalized spacial score (nSPS) is 16.3.